The Bertz CT molecular complexity index is 1390. The molecule has 0 atom stereocenters. The average Bonchev–Trinajstić information content (AvgIpc) is 3.39. The zero-order valence-corrected chi connectivity index (χ0v) is 17.0. The molecule has 2 heterocycles. The SMILES string of the molecule is Cn1cc(C(=O)c2nn(-c3ccccc3)nc2NC(=O)/C(C#N)=C/NN)c2ccccc21. The molecular formula is C22H18N8O2. The van der Waals surface area contributed by atoms with Crippen LogP contribution in [0.4, 0.5) is 5.82 Å². The molecule has 0 spiro atoms. The van der Waals surface area contributed by atoms with Crippen molar-refractivity contribution in [2.45, 2.75) is 0 Å². The number of anilines is 1. The number of hydrazine groups is 1. The van der Waals surface area contributed by atoms with Gasteiger partial charge in [-0.25, -0.2) is 0 Å². The van der Waals surface area contributed by atoms with Crippen LogP contribution in [0.1, 0.15) is 16.1 Å². The van der Waals surface area contributed by atoms with E-state index in [0.717, 1.165) is 17.1 Å². The fourth-order valence-corrected chi connectivity index (χ4v) is 3.28. The number of ketones is 1. The second-order valence-electron chi connectivity index (χ2n) is 6.81. The first kappa shape index (κ1) is 20.5. The Kier molecular flexibility index (Phi) is 5.48. The second-order valence-corrected chi connectivity index (χ2v) is 6.81. The first-order valence-electron chi connectivity index (χ1n) is 9.52. The van der Waals surface area contributed by atoms with Gasteiger partial charge in [-0.05, 0) is 18.2 Å². The molecule has 0 unspecified atom stereocenters. The number of hydrogen-bond acceptors (Lipinski definition) is 7. The molecule has 158 valence electrons. The van der Waals surface area contributed by atoms with Crippen LogP contribution >= 0.6 is 0 Å². The fraction of sp³-hybridized carbons (Fsp3) is 0.0455. The van der Waals surface area contributed by atoms with Gasteiger partial charge in [0.1, 0.15) is 11.6 Å². The maximum atomic E-state index is 13.5. The quantitative estimate of drug-likeness (QED) is 0.140. The summed E-state index contributed by atoms with van der Waals surface area (Å²) < 4.78 is 1.84. The molecule has 10 heteroatoms. The van der Waals surface area contributed by atoms with Gasteiger partial charge in [0.2, 0.25) is 5.78 Å². The maximum Gasteiger partial charge on any atom is 0.269 e. The number of amides is 1. The van der Waals surface area contributed by atoms with Crippen molar-refractivity contribution >= 4 is 28.4 Å². The van der Waals surface area contributed by atoms with Crippen LogP contribution in [-0.2, 0) is 11.8 Å². The van der Waals surface area contributed by atoms with Crippen molar-refractivity contribution in [3.63, 3.8) is 0 Å². The number of carbonyl (C=O) groups is 2. The standard InChI is InChI=1S/C22H18N8O2/c1-29-13-17(16-9-5-6-10-18(16)29)20(31)19-21(26-22(32)14(11-23)12-25-24)28-30(27-19)15-7-3-2-4-8-15/h2-10,12-13,25H,24H2,1H3,(H,26,28,32)/b14-12+. The molecular weight excluding hydrogens is 408 g/mol. The van der Waals surface area contributed by atoms with Crippen molar-refractivity contribution in [1.29, 1.82) is 5.26 Å². The zero-order chi connectivity index (χ0) is 22.7. The summed E-state index contributed by atoms with van der Waals surface area (Å²) in [5.74, 6) is 3.91. The molecule has 4 N–H and O–H groups in total. The predicted molar refractivity (Wildman–Crippen MR) is 117 cm³/mol. The maximum absolute atomic E-state index is 13.5. The number of aromatic nitrogens is 4. The molecule has 0 fully saturated rings. The molecule has 0 saturated heterocycles. The highest BCUT2D eigenvalue weighted by atomic mass is 16.2. The summed E-state index contributed by atoms with van der Waals surface area (Å²) in [6, 6.07) is 18.2. The van der Waals surface area contributed by atoms with Gasteiger partial charge in [0.25, 0.3) is 5.91 Å². The van der Waals surface area contributed by atoms with Crippen molar-refractivity contribution in [3.05, 3.63) is 83.8 Å². The Balaban J connectivity index is 1.82. The molecule has 4 rings (SSSR count). The van der Waals surface area contributed by atoms with E-state index in [0.29, 0.717) is 11.3 Å². The zero-order valence-electron chi connectivity index (χ0n) is 17.0. The highest BCUT2D eigenvalue weighted by Gasteiger charge is 2.25. The van der Waals surface area contributed by atoms with Crippen LogP contribution in [0.15, 0.2) is 72.6 Å². The van der Waals surface area contributed by atoms with E-state index in [1.54, 1.807) is 36.5 Å². The number of nitrogens with two attached hydrogens (primary N) is 1. The van der Waals surface area contributed by atoms with Crippen molar-refractivity contribution in [2.24, 2.45) is 12.9 Å². The Morgan fingerprint density at radius 1 is 1.09 bits per heavy atom. The Morgan fingerprint density at radius 3 is 2.53 bits per heavy atom. The summed E-state index contributed by atoms with van der Waals surface area (Å²) in [5, 5.41) is 21.1. The van der Waals surface area contributed by atoms with Crippen LogP contribution in [0.3, 0.4) is 0 Å². The van der Waals surface area contributed by atoms with Gasteiger partial charge >= 0.3 is 0 Å². The molecule has 32 heavy (non-hydrogen) atoms. The van der Waals surface area contributed by atoms with E-state index < -0.39 is 11.7 Å². The van der Waals surface area contributed by atoms with E-state index in [-0.39, 0.29) is 17.1 Å². The monoisotopic (exact) mass is 426 g/mol. The minimum atomic E-state index is -0.780. The van der Waals surface area contributed by atoms with E-state index in [2.05, 4.69) is 20.9 Å². The summed E-state index contributed by atoms with van der Waals surface area (Å²) in [6.45, 7) is 0. The number of nitrogens with zero attached hydrogens (tertiary/aromatic N) is 5. The van der Waals surface area contributed by atoms with Crippen LogP contribution in [0.2, 0.25) is 0 Å². The minimum Gasteiger partial charge on any atom is -0.350 e. The van der Waals surface area contributed by atoms with Crippen molar-refractivity contribution in [1.82, 2.24) is 25.0 Å². The Morgan fingerprint density at radius 2 is 1.81 bits per heavy atom. The lowest BCUT2D eigenvalue weighted by atomic mass is 10.1. The Hall–Kier alpha value is -4.75. The van der Waals surface area contributed by atoms with Gasteiger partial charge in [-0.15, -0.1) is 15.0 Å². The predicted octanol–water partition coefficient (Wildman–Crippen LogP) is 1.80. The number of aryl methyl sites for hydroxylation is 1. The first-order chi connectivity index (χ1) is 15.5. The number of rotatable bonds is 6. The number of para-hydroxylation sites is 2. The van der Waals surface area contributed by atoms with Crippen molar-refractivity contribution in [2.75, 3.05) is 5.32 Å². The van der Waals surface area contributed by atoms with E-state index in [1.165, 1.54) is 4.80 Å². The van der Waals surface area contributed by atoms with Crippen molar-refractivity contribution < 1.29 is 9.59 Å². The van der Waals surface area contributed by atoms with Gasteiger partial charge in [-0.2, -0.15) is 5.26 Å². The lowest BCUT2D eigenvalue weighted by Gasteiger charge is -2.02. The number of benzene rings is 2. The number of hydrogen-bond donors (Lipinski definition) is 3. The number of fused-ring (bicyclic) bond motifs is 1. The number of carbonyl (C=O) groups excluding carboxylic acids is 2. The second kappa shape index (κ2) is 8.55. The van der Waals surface area contributed by atoms with Gasteiger partial charge in [0, 0.05) is 35.9 Å². The molecule has 10 nitrogen and oxygen atoms in total. The van der Waals surface area contributed by atoms with Gasteiger partial charge in [0.15, 0.2) is 11.5 Å². The van der Waals surface area contributed by atoms with Gasteiger partial charge < -0.3 is 15.3 Å². The van der Waals surface area contributed by atoms with Crippen LogP contribution < -0.4 is 16.6 Å². The molecule has 0 aliphatic heterocycles. The minimum absolute atomic E-state index is 0.0587. The van der Waals surface area contributed by atoms with Crippen LogP contribution in [0.5, 0.6) is 0 Å². The normalized spacial score (nSPS) is 11.2. The lowest BCUT2D eigenvalue weighted by molar-refractivity contribution is -0.112. The van der Waals surface area contributed by atoms with Gasteiger partial charge in [-0.1, -0.05) is 36.4 Å². The number of nitriles is 1. The van der Waals surface area contributed by atoms with Gasteiger partial charge in [0.05, 0.1) is 5.69 Å². The van der Waals surface area contributed by atoms with Crippen molar-refractivity contribution in [3.8, 4) is 11.8 Å². The van der Waals surface area contributed by atoms with E-state index in [4.69, 9.17) is 5.84 Å². The number of nitrogens with one attached hydrogen (secondary N) is 2. The van der Waals surface area contributed by atoms with Gasteiger partial charge in [-0.3, -0.25) is 15.4 Å². The summed E-state index contributed by atoms with van der Waals surface area (Å²) >= 11 is 0. The molecule has 0 aliphatic carbocycles. The van der Waals surface area contributed by atoms with Crippen LogP contribution in [0, 0.1) is 11.3 Å². The van der Waals surface area contributed by atoms with E-state index in [9.17, 15) is 14.9 Å². The summed E-state index contributed by atoms with van der Waals surface area (Å²) in [6.07, 6.45) is 2.75. The lowest BCUT2D eigenvalue weighted by Crippen LogP contribution is -2.21. The first-order valence-corrected chi connectivity index (χ1v) is 9.52. The summed E-state index contributed by atoms with van der Waals surface area (Å²) in [7, 11) is 1.84. The highest BCUT2D eigenvalue weighted by Crippen LogP contribution is 2.25. The Labute approximate surface area is 182 Å². The molecule has 0 saturated carbocycles. The highest BCUT2D eigenvalue weighted by molar-refractivity contribution is 6.19. The molecule has 1 amide bonds. The molecule has 2 aromatic heterocycles. The molecule has 0 radical (unpaired) electrons. The van der Waals surface area contributed by atoms with E-state index in [1.807, 2.05) is 41.9 Å². The average molecular weight is 426 g/mol. The van der Waals surface area contributed by atoms with Crippen LogP contribution in [0.25, 0.3) is 16.6 Å². The fourth-order valence-electron chi connectivity index (χ4n) is 3.28. The summed E-state index contributed by atoms with van der Waals surface area (Å²) in [5.41, 5.74) is 3.69. The molecule has 0 bridgehead atoms. The third-order valence-corrected chi connectivity index (χ3v) is 4.78. The smallest absolute Gasteiger partial charge is 0.269 e. The molecule has 4 aromatic rings. The summed E-state index contributed by atoms with van der Waals surface area (Å²) in [4.78, 5) is 27.3. The molecule has 0 aliphatic rings. The van der Waals surface area contributed by atoms with Crippen LogP contribution in [-0.4, -0.2) is 31.3 Å². The third-order valence-electron chi connectivity index (χ3n) is 4.78. The van der Waals surface area contributed by atoms with E-state index >= 15 is 0 Å². The third kappa shape index (κ3) is 3.71. The largest absolute Gasteiger partial charge is 0.350 e. The topological polar surface area (TPSA) is 144 Å². The molecule has 2 aromatic carbocycles.